The van der Waals surface area contributed by atoms with Gasteiger partial charge in [0.15, 0.2) is 0 Å². The zero-order chi connectivity index (χ0) is 12.7. The van der Waals surface area contributed by atoms with Crippen molar-refractivity contribution in [1.29, 1.82) is 0 Å². The lowest BCUT2D eigenvalue weighted by Crippen LogP contribution is -2.25. The highest BCUT2D eigenvalue weighted by Gasteiger charge is 2.01. The van der Waals surface area contributed by atoms with Gasteiger partial charge in [-0.3, -0.25) is 0 Å². The van der Waals surface area contributed by atoms with Crippen molar-refractivity contribution in [2.45, 2.75) is 45.7 Å². The normalized spacial score (nSPS) is 12.5. The van der Waals surface area contributed by atoms with Gasteiger partial charge >= 0.3 is 0 Å². The van der Waals surface area contributed by atoms with Crippen molar-refractivity contribution in [1.82, 2.24) is 5.32 Å². The maximum atomic E-state index is 3.57. The molecule has 0 saturated carbocycles. The van der Waals surface area contributed by atoms with Gasteiger partial charge in [-0.05, 0) is 31.0 Å². The molecule has 0 spiro atoms. The lowest BCUT2D eigenvalue weighted by molar-refractivity contribution is 0.495. The van der Waals surface area contributed by atoms with Crippen LogP contribution in [-0.2, 0) is 6.54 Å². The number of nitrogens with one attached hydrogen (secondary N) is 1. The van der Waals surface area contributed by atoms with Crippen molar-refractivity contribution in [2.24, 2.45) is 0 Å². The van der Waals surface area contributed by atoms with E-state index >= 15 is 0 Å². The van der Waals surface area contributed by atoms with Gasteiger partial charge in [0.2, 0.25) is 0 Å². The summed E-state index contributed by atoms with van der Waals surface area (Å²) in [7, 11) is 4.14. The SMILES string of the molecule is CCCCC(C)NCc1ccc(N(C)C)cc1. The Kier molecular flexibility index (Phi) is 6.06. The molecule has 0 aliphatic rings. The van der Waals surface area contributed by atoms with Crippen LogP contribution < -0.4 is 10.2 Å². The van der Waals surface area contributed by atoms with Crippen LogP contribution in [0.3, 0.4) is 0 Å². The van der Waals surface area contributed by atoms with E-state index in [0.717, 1.165) is 6.54 Å². The van der Waals surface area contributed by atoms with Crippen LogP contribution in [0.1, 0.15) is 38.7 Å². The Morgan fingerprint density at radius 2 is 1.82 bits per heavy atom. The highest BCUT2D eigenvalue weighted by molar-refractivity contribution is 5.45. The maximum Gasteiger partial charge on any atom is 0.0361 e. The topological polar surface area (TPSA) is 15.3 Å². The Bertz CT molecular complexity index is 303. The fourth-order valence-electron chi connectivity index (χ4n) is 1.82. The summed E-state index contributed by atoms with van der Waals surface area (Å²) in [5, 5.41) is 3.57. The average molecular weight is 234 g/mol. The summed E-state index contributed by atoms with van der Waals surface area (Å²) in [5.41, 5.74) is 2.62. The number of nitrogens with zero attached hydrogens (tertiary/aromatic N) is 1. The molecule has 1 aromatic rings. The van der Waals surface area contributed by atoms with Gasteiger partial charge < -0.3 is 10.2 Å². The third-order valence-electron chi connectivity index (χ3n) is 3.10. The monoisotopic (exact) mass is 234 g/mol. The van der Waals surface area contributed by atoms with Gasteiger partial charge in [0.05, 0.1) is 0 Å². The molecule has 96 valence electrons. The molecule has 0 aromatic heterocycles. The molecule has 0 bridgehead atoms. The van der Waals surface area contributed by atoms with Gasteiger partial charge in [-0.2, -0.15) is 0 Å². The van der Waals surface area contributed by atoms with Crippen LogP contribution in [0, 0.1) is 0 Å². The number of hydrogen-bond acceptors (Lipinski definition) is 2. The predicted molar refractivity (Wildman–Crippen MR) is 76.6 cm³/mol. The molecule has 17 heavy (non-hydrogen) atoms. The fourth-order valence-corrected chi connectivity index (χ4v) is 1.82. The summed E-state index contributed by atoms with van der Waals surface area (Å²) in [4.78, 5) is 2.13. The van der Waals surface area contributed by atoms with E-state index in [9.17, 15) is 0 Å². The minimum atomic E-state index is 0.614. The van der Waals surface area contributed by atoms with Crippen molar-refractivity contribution >= 4 is 5.69 Å². The van der Waals surface area contributed by atoms with E-state index in [0.29, 0.717) is 6.04 Å². The number of anilines is 1. The first-order chi connectivity index (χ1) is 8.13. The van der Waals surface area contributed by atoms with Gasteiger partial charge in [-0.25, -0.2) is 0 Å². The third-order valence-corrected chi connectivity index (χ3v) is 3.10. The molecule has 0 radical (unpaired) electrons. The van der Waals surface area contributed by atoms with Crippen LogP contribution in [0.2, 0.25) is 0 Å². The number of benzene rings is 1. The molecule has 0 fully saturated rings. The highest BCUT2D eigenvalue weighted by Crippen LogP contribution is 2.12. The quantitative estimate of drug-likeness (QED) is 0.777. The van der Waals surface area contributed by atoms with E-state index in [1.165, 1.54) is 30.5 Å². The van der Waals surface area contributed by atoms with Gasteiger partial charge in [-0.1, -0.05) is 31.9 Å². The standard InChI is InChI=1S/C15H26N2/c1-5-6-7-13(2)16-12-14-8-10-15(11-9-14)17(3)4/h8-11,13,16H,5-7,12H2,1-4H3. The van der Waals surface area contributed by atoms with Gasteiger partial charge in [0.1, 0.15) is 0 Å². The Morgan fingerprint density at radius 3 is 2.35 bits per heavy atom. The van der Waals surface area contributed by atoms with Crippen molar-refractivity contribution in [2.75, 3.05) is 19.0 Å². The third kappa shape index (κ3) is 5.22. The van der Waals surface area contributed by atoms with E-state index in [1.807, 2.05) is 0 Å². The maximum absolute atomic E-state index is 3.57. The molecule has 1 atom stereocenters. The largest absolute Gasteiger partial charge is 0.378 e. The molecule has 1 aromatic carbocycles. The summed E-state index contributed by atoms with van der Waals surface area (Å²) in [6.07, 6.45) is 3.86. The Labute approximate surface area is 106 Å². The van der Waals surface area contributed by atoms with Crippen LogP contribution in [0.5, 0.6) is 0 Å². The molecule has 0 saturated heterocycles. The lowest BCUT2D eigenvalue weighted by atomic mass is 10.1. The van der Waals surface area contributed by atoms with Gasteiger partial charge in [-0.15, -0.1) is 0 Å². The Hall–Kier alpha value is -1.02. The summed E-state index contributed by atoms with van der Waals surface area (Å²) in [6, 6.07) is 9.37. The number of unbranched alkanes of at least 4 members (excludes halogenated alkanes) is 1. The second-order valence-electron chi connectivity index (χ2n) is 4.99. The zero-order valence-electron chi connectivity index (χ0n) is 11.7. The summed E-state index contributed by atoms with van der Waals surface area (Å²) in [6.45, 7) is 5.48. The first-order valence-electron chi connectivity index (χ1n) is 6.63. The van der Waals surface area contributed by atoms with Crippen molar-refractivity contribution in [3.05, 3.63) is 29.8 Å². The van der Waals surface area contributed by atoms with Crippen molar-refractivity contribution in [3.63, 3.8) is 0 Å². The van der Waals surface area contributed by atoms with Crippen LogP contribution in [0.4, 0.5) is 5.69 Å². The smallest absolute Gasteiger partial charge is 0.0361 e. The van der Waals surface area contributed by atoms with Crippen LogP contribution >= 0.6 is 0 Å². The first kappa shape index (κ1) is 14.0. The van der Waals surface area contributed by atoms with E-state index in [1.54, 1.807) is 0 Å². The fraction of sp³-hybridized carbons (Fsp3) is 0.600. The van der Waals surface area contributed by atoms with Crippen molar-refractivity contribution < 1.29 is 0 Å². The molecule has 2 nitrogen and oxygen atoms in total. The molecule has 1 N–H and O–H groups in total. The van der Waals surface area contributed by atoms with Crippen molar-refractivity contribution in [3.8, 4) is 0 Å². The molecular weight excluding hydrogens is 208 g/mol. The lowest BCUT2D eigenvalue weighted by Gasteiger charge is -2.15. The minimum absolute atomic E-state index is 0.614. The second kappa shape index (κ2) is 7.33. The minimum Gasteiger partial charge on any atom is -0.378 e. The zero-order valence-corrected chi connectivity index (χ0v) is 11.7. The van der Waals surface area contributed by atoms with Crippen LogP contribution in [0.25, 0.3) is 0 Å². The molecular formula is C15H26N2. The average Bonchev–Trinajstić information content (AvgIpc) is 2.34. The molecule has 0 heterocycles. The Balaban J connectivity index is 2.36. The van der Waals surface area contributed by atoms with Crippen LogP contribution in [0.15, 0.2) is 24.3 Å². The summed E-state index contributed by atoms with van der Waals surface area (Å²) in [5.74, 6) is 0. The summed E-state index contributed by atoms with van der Waals surface area (Å²) >= 11 is 0. The number of hydrogen-bond donors (Lipinski definition) is 1. The molecule has 0 aliphatic carbocycles. The molecule has 1 unspecified atom stereocenters. The molecule has 0 amide bonds. The Morgan fingerprint density at radius 1 is 1.18 bits per heavy atom. The molecule has 1 rings (SSSR count). The molecule has 2 heteroatoms. The highest BCUT2D eigenvalue weighted by atomic mass is 15.1. The van der Waals surface area contributed by atoms with Gasteiger partial charge in [0.25, 0.3) is 0 Å². The van der Waals surface area contributed by atoms with E-state index in [2.05, 4.69) is 62.4 Å². The van der Waals surface area contributed by atoms with E-state index < -0.39 is 0 Å². The second-order valence-corrected chi connectivity index (χ2v) is 4.99. The van der Waals surface area contributed by atoms with Crippen LogP contribution in [-0.4, -0.2) is 20.1 Å². The summed E-state index contributed by atoms with van der Waals surface area (Å²) < 4.78 is 0. The van der Waals surface area contributed by atoms with E-state index in [4.69, 9.17) is 0 Å². The van der Waals surface area contributed by atoms with E-state index in [-0.39, 0.29) is 0 Å². The van der Waals surface area contributed by atoms with Gasteiger partial charge in [0, 0.05) is 32.4 Å². The first-order valence-corrected chi connectivity index (χ1v) is 6.63. The molecule has 0 aliphatic heterocycles. The predicted octanol–water partition coefficient (Wildman–Crippen LogP) is 3.42. The number of rotatable bonds is 7.